The molecule has 1 atom stereocenters. The Labute approximate surface area is 124 Å². The van der Waals surface area contributed by atoms with Crippen molar-refractivity contribution in [1.82, 2.24) is 4.90 Å². The molecule has 0 heterocycles. The molecule has 0 spiro atoms. The maximum Gasteiger partial charge on any atom is 0.341 e. The van der Waals surface area contributed by atoms with Gasteiger partial charge < -0.3 is 14.7 Å². The zero-order chi connectivity index (χ0) is 15.6. The number of hydrogen-bond acceptors (Lipinski definition) is 3. The summed E-state index contributed by atoms with van der Waals surface area (Å²) in [5.41, 5.74) is 0.735. The van der Waals surface area contributed by atoms with Crippen LogP contribution in [0.1, 0.15) is 37.0 Å². The van der Waals surface area contributed by atoms with Crippen LogP contribution in [0.25, 0.3) is 0 Å². The van der Waals surface area contributed by atoms with Crippen LogP contribution in [0.15, 0.2) is 24.3 Å². The highest BCUT2D eigenvalue weighted by Gasteiger charge is 2.45. The summed E-state index contributed by atoms with van der Waals surface area (Å²) in [5, 5.41) is 8.61. The normalized spacial score (nSPS) is 16.9. The van der Waals surface area contributed by atoms with E-state index in [4.69, 9.17) is 9.84 Å². The standard InChI is InChI=1S/C16H21NO4/c1-11(16(2)7-8-16)17(3)15(20)12-5-4-6-13(9-12)21-10-14(18)19/h4-6,9,11H,7-8,10H2,1-3H3,(H,18,19). The average Bonchev–Trinajstić information content (AvgIpc) is 3.22. The molecule has 1 unspecified atom stereocenters. The van der Waals surface area contributed by atoms with Gasteiger partial charge in [-0.1, -0.05) is 13.0 Å². The molecule has 1 fully saturated rings. The number of aliphatic carboxylic acids is 1. The number of amides is 1. The summed E-state index contributed by atoms with van der Waals surface area (Å²) >= 11 is 0. The number of carboxylic acid groups (broad SMARTS) is 1. The van der Waals surface area contributed by atoms with E-state index in [0.717, 1.165) is 12.8 Å². The number of rotatable bonds is 6. The highest BCUT2D eigenvalue weighted by molar-refractivity contribution is 5.94. The largest absolute Gasteiger partial charge is 0.482 e. The van der Waals surface area contributed by atoms with Gasteiger partial charge in [-0.2, -0.15) is 0 Å². The first-order chi connectivity index (χ1) is 9.83. The number of carbonyl (C=O) groups is 2. The van der Waals surface area contributed by atoms with Crippen molar-refractivity contribution < 1.29 is 19.4 Å². The van der Waals surface area contributed by atoms with Crippen LogP contribution >= 0.6 is 0 Å². The Balaban J connectivity index is 2.08. The molecule has 5 nitrogen and oxygen atoms in total. The van der Waals surface area contributed by atoms with Crippen LogP contribution in [0.5, 0.6) is 5.75 Å². The second-order valence-corrected chi connectivity index (χ2v) is 5.96. The Morgan fingerprint density at radius 2 is 2.10 bits per heavy atom. The molecule has 114 valence electrons. The van der Waals surface area contributed by atoms with E-state index in [1.165, 1.54) is 0 Å². The summed E-state index contributed by atoms with van der Waals surface area (Å²) in [7, 11) is 1.81. The number of carboxylic acids is 1. The zero-order valence-electron chi connectivity index (χ0n) is 12.6. The van der Waals surface area contributed by atoms with Crippen molar-refractivity contribution in [2.45, 2.75) is 32.7 Å². The summed E-state index contributed by atoms with van der Waals surface area (Å²) in [5.74, 6) is -0.725. The van der Waals surface area contributed by atoms with Gasteiger partial charge in [-0.3, -0.25) is 4.79 Å². The van der Waals surface area contributed by atoms with E-state index in [2.05, 4.69) is 13.8 Å². The smallest absolute Gasteiger partial charge is 0.341 e. The lowest BCUT2D eigenvalue weighted by atomic mass is 9.99. The fourth-order valence-electron chi connectivity index (χ4n) is 2.33. The molecular formula is C16H21NO4. The fraction of sp³-hybridized carbons (Fsp3) is 0.500. The summed E-state index contributed by atoms with van der Waals surface area (Å²) in [6.45, 7) is 3.84. The minimum absolute atomic E-state index is 0.0728. The summed E-state index contributed by atoms with van der Waals surface area (Å²) < 4.78 is 5.11. The first-order valence-electron chi connectivity index (χ1n) is 7.05. The van der Waals surface area contributed by atoms with Gasteiger partial charge in [0.05, 0.1) is 0 Å². The van der Waals surface area contributed by atoms with Crippen molar-refractivity contribution in [3.05, 3.63) is 29.8 Å². The van der Waals surface area contributed by atoms with Crippen molar-refractivity contribution in [3.8, 4) is 5.75 Å². The summed E-state index contributed by atoms with van der Waals surface area (Å²) in [6, 6.07) is 6.82. The summed E-state index contributed by atoms with van der Waals surface area (Å²) in [4.78, 5) is 24.8. The molecule has 1 aromatic rings. The Kier molecular flexibility index (Phi) is 4.21. The molecule has 0 aliphatic heterocycles. The van der Waals surface area contributed by atoms with Crippen LogP contribution in [0.3, 0.4) is 0 Å². The second kappa shape index (κ2) is 5.76. The van der Waals surface area contributed by atoms with E-state index in [1.807, 2.05) is 0 Å². The molecule has 1 aliphatic carbocycles. The molecule has 2 rings (SSSR count). The molecular weight excluding hydrogens is 270 g/mol. The van der Waals surface area contributed by atoms with E-state index in [0.29, 0.717) is 11.3 Å². The van der Waals surface area contributed by atoms with Gasteiger partial charge in [-0.05, 0) is 43.4 Å². The predicted molar refractivity (Wildman–Crippen MR) is 78.5 cm³/mol. The van der Waals surface area contributed by atoms with Gasteiger partial charge in [0.2, 0.25) is 0 Å². The number of hydrogen-bond donors (Lipinski definition) is 1. The maximum absolute atomic E-state index is 12.5. The highest BCUT2D eigenvalue weighted by atomic mass is 16.5. The predicted octanol–water partition coefficient (Wildman–Crippen LogP) is 2.41. The van der Waals surface area contributed by atoms with Crippen LogP contribution < -0.4 is 4.74 Å². The Morgan fingerprint density at radius 1 is 1.43 bits per heavy atom. The van der Waals surface area contributed by atoms with Gasteiger partial charge >= 0.3 is 5.97 Å². The SMILES string of the molecule is CC(N(C)C(=O)c1cccc(OCC(=O)O)c1)C1(C)CC1. The van der Waals surface area contributed by atoms with Gasteiger partial charge in [0.1, 0.15) is 5.75 Å². The third kappa shape index (κ3) is 3.54. The van der Waals surface area contributed by atoms with E-state index >= 15 is 0 Å². The van der Waals surface area contributed by atoms with Gasteiger partial charge in [0.15, 0.2) is 6.61 Å². The van der Waals surface area contributed by atoms with E-state index in [-0.39, 0.29) is 17.4 Å². The van der Waals surface area contributed by atoms with Crippen molar-refractivity contribution in [1.29, 1.82) is 0 Å². The number of nitrogens with zero attached hydrogens (tertiary/aromatic N) is 1. The van der Waals surface area contributed by atoms with Gasteiger partial charge in [-0.15, -0.1) is 0 Å². The lowest BCUT2D eigenvalue weighted by Gasteiger charge is -2.30. The van der Waals surface area contributed by atoms with Crippen molar-refractivity contribution >= 4 is 11.9 Å². The molecule has 5 heteroatoms. The van der Waals surface area contributed by atoms with Gasteiger partial charge in [-0.25, -0.2) is 4.79 Å². The third-order valence-corrected chi connectivity index (χ3v) is 4.39. The zero-order valence-corrected chi connectivity index (χ0v) is 12.6. The molecule has 1 saturated carbocycles. The number of carbonyl (C=O) groups excluding carboxylic acids is 1. The van der Waals surface area contributed by atoms with E-state index in [9.17, 15) is 9.59 Å². The van der Waals surface area contributed by atoms with Crippen LogP contribution in [0.2, 0.25) is 0 Å². The lowest BCUT2D eigenvalue weighted by molar-refractivity contribution is -0.139. The van der Waals surface area contributed by atoms with Crippen molar-refractivity contribution in [2.75, 3.05) is 13.7 Å². The van der Waals surface area contributed by atoms with Gasteiger partial charge in [0.25, 0.3) is 5.91 Å². The molecule has 0 aromatic heterocycles. The minimum atomic E-state index is -1.04. The van der Waals surface area contributed by atoms with Crippen LogP contribution in [0.4, 0.5) is 0 Å². The maximum atomic E-state index is 12.5. The first kappa shape index (κ1) is 15.4. The first-order valence-corrected chi connectivity index (χ1v) is 7.05. The molecule has 1 aromatic carbocycles. The number of benzene rings is 1. The topological polar surface area (TPSA) is 66.8 Å². The summed E-state index contributed by atoms with van der Waals surface area (Å²) in [6.07, 6.45) is 2.29. The quantitative estimate of drug-likeness (QED) is 0.874. The van der Waals surface area contributed by atoms with E-state index < -0.39 is 12.6 Å². The van der Waals surface area contributed by atoms with Crippen molar-refractivity contribution in [3.63, 3.8) is 0 Å². The monoisotopic (exact) mass is 291 g/mol. The van der Waals surface area contributed by atoms with Crippen LogP contribution in [0, 0.1) is 5.41 Å². The second-order valence-electron chi connectivity index (χ2n) is 5.96. The molecule has 0 saturated heterocycles. The van der Waals surface area contributed by atoms with Gasteiger partial charge in [0, 0.05) is 18.7 Å². The van der Waals surface area contributed by atoms with Crippen LogP contribution in [-0.4, -0.2) is 41.6 Å². The average molecular weight is 291 g/mol. The Bertz CT molecular complexity index is 551. The molecule has 1 amide bonds. The lowest BCUT2D eigenvalue weighted by Crippen LogP contribution is -2.40. The molecule has 21 heavy (non-hydrogen) atoms. The van der Waals surface area contributed by atoms with Crippen LogP contribution in [-0.2, 0) is 4.79 Å². The molecule has 0 radical (unpaired) electrons. The highest BCUT2D eigenvalue weighted by Crippen LogP contribution is 2.49. The fourth-order valence-corrected chi connectivity index (χ4v) is 2.33. The third-order valence-electron chi connectivity index (χ3n) is 4.39. The Morgan fingerprint density at radius 3 is 2.67 bits per heavy atom. The molecule has 1 N–H and O–H groups in total. The molecule has 0 bridgehead atoms. The molecule has 1 aliphatic rings. The van der Waals surface area contributed by atoms with E-state index in [1.54, 1.807) is 36.2 Å². The Hall–Kier alpha value is -2.04. The van der Waals surface area contributed by atoms with Crippen molar-refractivity contribution in [2.24, 2.45) is 5.41 Å². The number of ether oxygens (including phenoxy) is 1. The minimum Gasteiger partial charge on any atom is -0.482 e.